The molecule has 4 heterocycles. The number of β-amino-alcohol motifs (C(OH)–C–C–N with tert-alkyl or cyclic N) is 1. The Hall–Kier alpha value is -4.29. The van der Waals surface area contributed by atoms with Crippen molar-refractivity contribution in [2.45, 2.75) is 146 Å². The number of carbonyl (C=O) groups is 6. The second kappa shape index (κ2) is 28.2. The van der Waals surface area contributed by atoms with E-state index in [0.717, 1.165) is 54.7 Å². The molecule has 0 radical (unpaired) electrons. The Morgan fingerprint density at radius 1 is 0.851 bits per heavy atom. The van der Waals surface area contributed by atoms with E-state index in [4.69, 9.17) is 4.74 Å². The predicted octanol–water partition coefficient (Wildman–Crippen LogP) is 3.02. The third-order valence-electron chi connectivity index (χ3n) is 13.9. The van der Waals surface area contributed by atoms with Crippen LogP contribution in [0, 0.1) is 11.3 Å². The second-order valence-corrected chi connectivity index (χ2v) is 25.3. The number of nitrogens with zero attached hydrogens (tertiary/aromatic N) is 2. The molecular formula is C52H79N9O10S3. The summed E-state index contributed by atoms with van der Waals surface area (Å²) in [5, 5.41) is 32.4. The monoisotopic (exact) mass is 1090 g/mol. The number of nitrogens with one attached hydrogen (secondary N) is 7. The first-order valence-electron chi connectivity index (χ1n) is 26.1. The van der Waals surface area contributed by atoms with Crippen LogP contribution < -0.4 is 37.2 Å². The topological polar surface area (TPSA) is 257 Å². The Morgan fingerprint density at radius 3 is 2.26 bits per heavy atom. The zero-order valence-corrected chi connectivity index (χ0v) is 46.0. The minimum absolute atomic E-state index is 0.00647. The van der Waals surface area contributed by atoms with Crippen LogP contribution in [0.5, 0.6) is 0 Å². The standard InChI is InChI=1S/C52H79N9O10S3/c1-34-45(73-33-55-34)37-21-19-35(20-22-37)28-54-49(67)42-27-39(62)30-61(42)50(68)46(52(2,3)4)58-44(64)17-12-7-6-8-13-24-53-43(63)18-14-26-71-31-40(56-47(65)38-23-25-60(29-38)74(5,69)70)48(66)59-51-57-41(32-72-51)36-15-10-9-11-16-36/h9-11,15-16,19-22,34,38-42,45-46,51,55,57,62H,6-8,12-14,17-18,23-33H2,1-5H3,(H,53,63)(H,54,67)(H,56,65)(H,58,64)(H,59,66)/t34?,38?,39-,40+,41?,42+,45?,46-,51?/m1/s1. The van der Waals surface area contributed by atoms with Crippen LogP contribution in [0.15, 0.2) is 54.6 Å². The lowest BCUT2D eigenvalue weighted by molar-refractivity contribution is -0.144. The Balaban J connectivity index is 0.842. The van der Waals surface area contributed by atoms with Gasteiger partial charge >= 0.3 is 0 Å². The van der Waals surface area contributed by atoms with Gasteiger partial charge in [0.15, 0.2) is 0 Å². The van der Waals surface area contributed by atoms with E-state index in [2.05, 4.69) is 56.3 Å². The lowest BCUT2D eigenvalue weighted by atomic mass is 9.85. The summed E-state index contributed by atoms with van der Waals surface area (Å²) in [6, 6.07) is 15.7. The maximum atomic E-state index is 14.0. The number of likely N-dealkylation sites (tertiary alicyclic amines) is 1. The maximum Gasteiger partial charge on any atom is 0.246 e. The van der Waals surface area contributed by atoms with Crippen molar-refractivity contribution in [3.05, 3.63) is 71.3 Å². The van der Waals surface area contributed by atoms with E-state index in [1.807, 2.05) is 75.0 Å². The summed E-state index contributed by atoms with van der Waals surface area (Å²) in [6.07, 6.45) is 5.41. The number of sulfonamides is 1. The fourth-order valence-corrected chi connectivity index (χ4v) is 12.9. The molecule has 0 spiro atoms. The molecule has 6 amide bonds. The molecule has 0 saturated carbocycles. The Morgan fingerprint density at radius 2 is 1.57 bits per heavy atom. The first-order valence-corrected chi connectivity index (χ1v) is 30.0. The van der Waals surface area contributed by atoms with Gasteiger partial charge in [0, 0.05) is 87.6 Å². The van der Waals surface area contributed by atoms with Gasteiger partial charge in [-0.3, -0.25) is 34.1 Å². The molecule has 2 aromatic rings. The maximum absolute atomic E-state index is 14.0. The number of hydrogen-bond donors (Lipinski definition) is 8. The molecule has 4 aliphatic heterocycles. The molecule has 6 rings (SSSR count). The normalized spacial score (nSPS) is 24.0. The third-order valence-corrected chi connectivity index (χ3v) is 17.7. The van der Waals surface area contributed by atoms with Gasteiger partial charge < -0.3 is 46.6 Å². The average molecular weight is 1090 g/mol. The molecule has 4 fully saturated rings. The fraction of sp³-hybridized carbons (Fsp3) is 0.654. The molecule has 4 aliphatic rings. The number of thioether (sulfide) groups is 2. The van der Waals surface area contributed by atoms with Gasteiger partial charge in [-0.2, -0.15) is 0 Å². The summed E-state index contributed by atoms with van der Waals surface area (Å²) in [5.74, 6) is -0.924. The smallest absolute Gasteiger partial charge is 0.246 e. The van der Waals surface area contributed by atoms with E-state index in [9.17, 15) is 42.3 Å². The molecule has 4 saturated heterocycles. The van der Waals surface area contributed by atoms with E-state index >= 15 is 0 Å². The molecule has 19 nitrogen and oxygen atoms in total. The predicted molar refractivity (Wildman–Crippen MR) is 288 cm³/mol. The molecule has 410 valence electrons. The van der Waals surface area contributed by atoms with Crippen LogP contribution in [-0.2, 0) is 50.1 Å². The van der Waals surface area contributed by atoms with Crippen molar-refractivity contribution in [1.29, 1.82) is 0 Å². The number of amides is 6. The van der Waals surface area contributed by atoms with E-state index < -0.39 is 68.8 Å². The largest absolute Gasteiger partial charge is 0.391 e. The zero-order valence-electron chi connectivity index (χ0n) is 43.6. The molecule has 0 bridgehead atoms. The van der Waals surface area contributed by atoms with Gasteiger partial charge in [0.05, 0.1) is 24.9 Å². The van der Waals surface area contributed by atoms with E-state index in [1.54, 1.807) is 11.8 Å². The number of hydrogen-bond acceptors (Lipinski definition) is 14. The second-order valence-electron chi connectivity index (χ2n) is 21.0. The van der Waals surface area contributed by atoms with Gasteiger partial charge in [0.1, 0.15) is 23.6 Å². The summed E-state index contributed by atoms with van der Waals surface area (Å²) < 4.78 is 31.2. The first kappa shape index (κ1) is 59.0. The third kappa shape index (κ3) is 17.9. The molecule has 74 heavy (non-hydrogen) atoms. The van der Waals surface area contributed by atoms with Crippen LogP contribution in [0.2, 0.25) is 0 Å². The number of aliphatic hydroxyl groups is 1. The molecule has 8 N–H and O–H groups in total. The van der Waals surface area contributed by atoms with Crippen molar-refractivity contribution < 1.29 is 47.0 Å². The molecule has 2 aromatic carbocycles. The Kier molecular flexibility index (Phi) is 22.5. The lowest BCUT2D eigenvalue weighted by Gasteiger charge is -2.35. The highest BCUT2D eigenvalue weighted by molar-refractivity contribution is 8.00. The molecule has 5 unspecified atom stereocenters. The van der Waals surface area contributed by atoms with E-state index in [1.165, 1.54) is 14.8 Å². The van der Waals surface area contributed by atoms with Crippen molar-refractivity contribution in [2.24, 2.45) is 11.3 Å². The van der Waals surface area contributed by atoms with E-state index in [-0.39, 0.29) is 82.4 Å². The summed E-state index contributed by atoms with van der Waals surface area (Å²) in [4.78, 5) is 81.5. The molecule has 0 aromatic heterocycles. The van der Waals surface area contributed by atoms with Crippen LogP contribution in [0.1, 0.15) is 120 Å². The van der Waals surface area contributed by atoms with Gasteiger partial charge in [0.25, 0.3) is 0 Å². The van der Waals surface area contributed by atoms with Gasteiger partial charge in [0.2, 0.25) is 45.5 Å². The minimum Gasteiger partial charge on any atom is -0.391 e. The fourth-order valence-electron chi connectivity index (χ4n) is 9.56. The van der Waals surface area contributed by atoms with Gasteiger partial charge in [-0.1, -0.05) is 94.6 Å². The van der Waals surface area contributed by atoms with Crippen LogP contribution in [-0.4, -0.2) is 151 Å². The highest BCUT2D eigenvalue weighted by Gasteiger charge is 2.44. The first-order chi connectivity index (χ1) is 35.3. The number of ether oxygens (including phenoxy) is 1. The Labute approximate surface area is 445 Å². The zero-order chi connectivity index (χ0) is 53.4. The summed E-state index contributed by atoms with van der Waals surface area (Å²) >= 11 is 3.41. The van der Waals surface area contributed by atoms with Crippen molar-refractivity contribution in [2.75, 3.05) is 57.3 Å². The number of aliphatic hydroxyl groups excluding tert-OH is 1. The van der Waals surface area contributed by atoms with Gasteiger partial charge in [-0.05, 0) is 54.7 Å². The number of carbonyl (C=O) groups excluding carboxylic acids is 6. The highest BCUT2D eigenvalue weighted by Crippen LogP contribution is 2.36. The van der Waals surface area contributed by atoms with E-state index in [0.29, 0.717) is 37.1 Å². The van der Waals surface area contributed by atoms with Crippen LogP contribution in [0.4, 0.5) is 0 Å². The van der Waals surface area contributed by atoms with Crippen LogP contribution in [0.3, 0.4) is 0 Å². The van der Waals surface area contributed by atoms with Crippen molar-refractivity contribution in [1.82, 2.24) is 46.4 Å². The number of benzene rings is 2. The SMILES string of the molecule is CC1NCSC1c1ccc(CNC(=O)[C@@H]2C[C@@H](O)CN2C(=O)[C@@H](NC(=O)CCCCCCCNC(=O)CCCOC[C@H](NC(=O)C2CCN(S(C)(=O)=O)C2)C(=O)NC2NC(c3ccccc3)CS2)C(C)(C)C)cc1. The highest BCUT2D eigenvalue weighted by atomic mass is 32.2. The van der Waals surface area contributed by atoms with Crippen LogP contribution in [0.25, 0.3) is 0 Å². The van der Waals surface area contributed by atoms with Gasteiger partial charge in [-0.25, -0.2) is 12.7 Å². The molecule has 0 aliphatic carbocycles. The average Bonchev–Trinajstić information content (AvgIpc) is 4.21. The summed E-state index contributed by atoms with van der Waals surface area (Å²) in [6.45, 7) is 8.88. The quantitative estimate of drug-likeness (QED) is 0.0631. The molecular weight excluding hydrogens is 1010 g/mol. The summed E-state index contributed by atoms with van der Waals surface area (Å²) in [7, 11) is -3.45. The van der Waals surface area contributed by atoms with Gasteiger partial charge in [-0.15, -0.1) is 23.5 Å². The molecule has 9 atom stereocenters. The minimum atomic E-state index is -3.45. The number of rotatable bonds is 26. The lowest BCUT2D eigenvalue weighted by Crippen LogP contribution is -2.57. The summed E-state index contributed by atoms with van der Waals surface area (Å²) in [5.41, 5.74) is 2.22. The van der Waals surface area contributed by atoms with Crippen molar-refractivity contribution in [3.8, 4) is 0 Å². The molecule has 22 heteroatoms. The van der Waals surface area contributed by atoms with Crippen molar-refractivity contribution >= 4 is 69.0 Å². The van der Waals surface area contributed by atoms with Crippen LogP contribution >= 0.6 is 23.5 Å². The Bertz CT molecular complexity index is 2310. The number of unbranched alkanes of at least 4 members (excludes halogenated alkanes) is 4. The van der Waals surface area contributed by atoms with Crippen molar-refractivity contribution in [3.63, 3.8) is 0 Å².